The Morgan fingerprint density at radius 1 is 1.31 bits per heavy atom. The Morgan fingerprint density at radius 2 is 1.92 bits per heavy atom. The number of methoxy groups -OCH3 is 2. The molecule has 3 nitrogen and oxygen atoms in total. The largest absolute Gasteiger partial charge is 0.469 e. The van der Waals surface area contributed by atoms with Crippen LogP contribution in [0.15, 0.2) is 0 Å². The first-order chi connectivity index (χ1) is 6.11. The number of hydrogen-bond acceptors (Lipinski definition) is 3. The minimum Gasteiger partial charge on any atom is -0.469 e. The Balaban J connectivity index is 3.87. The van der Waals surface area contributed by atoms with Crippen molar-refractivity contribution in [1.82, 2.24) is 0 Å². The van der Waals surface area contributed by atoms with Crippen LogP contribution in [-0.2, 0) is 14.3 Å². The molecule has 0 rings (SSSR count). The van der Waals surface area contributed by atoms with E-state index in [0.717, 1.165) is 6.42 Å². The zero-order chi connectivity index (χ0) is 10.3. The lowest BCUT2D eigenvalue weighted by Crippen LogP contribution is -2.17. The van der Waals surface area contributed by atoms with Gasteiger partial charge in [-0.15, -0.1) is 0 Å². The summed E-state index contributed by atoms with van der Waals surface area (Å²) in [4.78, 5) is 11.0. The van der Waals surface area contributed by atoms with Gasteiger partial charge in [0.2, 0.25) is 0 Å². The topological polar surface area (TPSA) is 35.5 Å². The van der Waals surface area contributed by atoms with Crippen LogP contribution in [0.2, 0.25) is 0 Å². The third-order valence-corrected chi connectivity index (χ3v) is 2.29. The lowest BCUT2D eigenvalue weighted by Gasteiger charge is -2.18. The summed E-state index contributed by atoms with van der Waals surface area (Å²) in [6.07, 6.45) is 1.42. The molecule has 0 spiro atoms. The van der Waals surface area contributed by atoms with Gasteiger partial charge in [0.25, 0.3) is 0 Å². The molecule has 0 aliphatic carbocycles. The average molecular weight is 188 g/mol. The second-order valence-electron chi connectivity index (χ2n) is 3.57. The Kier molecular flexibility index (Phi) is 6.59. The first-order valence-electron chi connectivity index (χ1n) is 4.67. The normalized spacial score (nSPS) is 13.0. The molecule has 3 heteroatoms. The van der Waals surface area contributed by atoms with Gasteiger partial charge in [0.15, 0.2) is 0 Å². The van der Waals surface area contributed by atoms with Gasteiger partial charge in [-0.05, 0) is 18.3 Å². The van der Waals surface area contributed by atoms with Gasteiger partial charge in [-0.25, -0.2) is 0 Å². The summed E-state index contributed by atoms with van der Waals surface area (Å²) in [5.41, 5.74) is 0. The van der Waals surface area contributed by atoms with Gasteiger partial charge in [-0.1, -0.05) is 13.8 Å². The minimum atomic E-state index is -0.130. The molecule has 78 valence electrons. The third kappa shape index (κ3) is 5.64. The van der Waals surface area contributed by atoms with E-state index < -0.39 is 0 Å². The van der Waals surface area contributed by atoms with Crippen LogP contribution in [-0.4, -0.2) is 26.8 Å². The molecule has 0 aliphatic rings. The molecule has 0 radical (unpaired) electrons. The van der Waals surface area contributed by atoms with Crippen LogP contribution in [0.25, 0.3) is 0 Å². The number of carbonyl (C=O) groups is 1. The number of hydrogen-bond donors (Lipinski definition) is 0. The van der Waals surface area contributed by atoms with Gasteiger partial charge < -0.3 is 9.47 Å². The molecule has 1 unspecified atom stereocenters. The van der Waals surface area contributed by atoms with Gasteiger partial charge in [-0.3, -0.25) is 4.79 Å². The number of esters is 1. The molecule has 0 aliphatic heterocycles. The molecule has 0 saturated heterocycles. The molecule has 0 aromatic heterocycles. The second-order valence-corrected chi connectivity index (χ2v) is 3.57. The van der Waals surface area contributed by atoms with E-state index in [1.165, 1.54) is 7.11 Å². The Morgan fingerprint density at radius 3 is 2.31 bits per heavy atom. The van der Waals surface area contributed by atoms with E-state index in [9.17, 15) is 4.79 Å². The summed E-state index contributed by atoms with van der Waals surface area (Å²) in [7, 11) is 3.10. The van der Waals surface area contributed by atoms with Crippen LogP contribution in [0.1, 0.15) is 26.7 Å². The fourth-order valence-corrected chi connectivity index (χ4v) is 1.24. The molecular weight excluding hydrogens is 168 g/mol. The van der Waals surface area contributed by atoms with Crippen molar-refractivity contribution >= 4 is 5.97 Å². The molecule has 0 N–H and O–H groups in total. The van der Waals surface area contributed by atoms with E-state index >= 15 is 0 Å². The van der Waals surface area contributed by atoms with Gasteiger partial charge in [-0.2, -0.15) is 0 Å². The van der Waals surface area contributed by atoms with Gasteiger partial charge in [0.1, 0.15) is 0 Å². The maximum Gasteiger partial charge on any atom is 0.305 e. The Labute approximate surface area is 80.4 Å². The molecule has 0 fully saturated rings. The average Bonchev–Trinajstić information content (AvgIpc) is 2.11. The van der Waals surface area contributed by atoms with E-state index in [0.29, 0.717) is 24.9 Å². The second kappa shape index (κ2) is 6.89. The van der Waals surface area contributed by atoms with Gasteiger partial charge in [0, 0.05) is 20.1 Å². The highest BCUT2D eigenvalue weighted by Gasteiger charge is 2.17. The highest BCUT2D eigenvalue weighted by molar-refractivity contribution is 5.69. The first-order valence-corrected chi connectivity index (χ1v) is 4.67. The van der Waals surface area contributed by atoms with Gasteiger partial charge in [0.05, 0.1) is 7.11 Å². The van der Waals surface area contributed by atoms with Crippen molar-refractivity contribution in [3.8, 4) is 0 Å². The van der Waals surface area contributed by atoms with E-state index in [2.05, 4.69) is 18.6 Å². The highest BCUT2D eigenvalue weighted by atomic mass is 16.5. The van der Waals surface area contributed by atoms with Crippen LogP contribution in [0.5, 0.6) is 0 Å². The van der Waals surface area contributed by atoms with Crippen molar-refractivity contribution in [3.63, 3.8) is 0 Å². The maximum atomic E-state index is 11.0. The quantitative estimate of drug-likeness (QED) is 0.597. The van der Waals surface area contributed by atoms with Crippen LogP contribution in [0.4, 0.5) is 0 Å². The third-order valence-electron chi connectivity index (χ3n) is 2.29. The summed E-state index contributed by atoms with van der Waals surface area (Å²) in [6, 6.07) is 0. The summed E-state index contributed by atoms with van der Waals surface area (Å²) >= 11 is 0. The number of carbonyl (C=O) groups excluding carboxylic acids is 1. The molecule has 1 atom stereocenters. The fraction of sp³-hybridized carbons (Fsp3) is 0.900. The monoisotopic (exact) mass is 188 g/mol. The lowest BCUT2D eigenvalue weighted by molar-refractivity contribution is -0.142. The van der Waals surface area contributed by atoms with Crippen molar-refractivity contribution in [2.24, 2.45) is 11.8 Å². The molecule has 0 bridgehead atoms. The van der Waals surface area contributed by atoms with Crippen LogP contribution < -0.4 is 0 Å². The first kappa shape index (κ1) is 12.4. The highest BCUT2D eigenvalue weighted by Crippen LogP contribution is 2.19. The molecule has 0 aromatic rings. The molecule has 13 heavy (non-hydrogen) atoms. The number of rotatable bonds is 6. The maximum absolute atomic E-state index is 11.0. The zero-order valence-electron chi connectivity index (χ0n) is 9.00. The summed E-state index contributed by atoms with van der Waals surface area (Å²) in [6.45, 7) is 4.94. The van der Waals surface area contributed by atoms with Crippen molar-refractivity contribution in [3.05, 3.63) is 0 Å². The van der Waals surface area contributed by atoms with Gasteiger partial charge >= 0.3 is 5.97 Å². The smallest absolute Gasteiger partial charge is 0.305 e. The predicted octanol–water partition coefficient (Wildman–Crippen LogP) is 1.86. The summed E-state index contributed by atoms with van der Waals surface area (Å²) in [5.74, 6) is 0.733. The van der Waals surface area contributed by atoms with Crippen LogP contribution in [0, 0.1) is 11.8 Å². The standard InChI is InChI=1S/C10H20O3/c1-8(2)9(5-6-12-3)7-10(11)13-4/h8-9H,5-7H2,1-4H3. The predicted molar refractivity (Wildman–Crippen MR) is 51.5 cm³/mol. The van der Waals surface area contributed by atoms with Crippen molar-refractivity contribution < 1.29 is 14.3 Å². The van der Waals surface area contributed by atoms with Crippen molar-refractivity contribution in [2.75, 3.05) is 20.8 Å². The van der Waals surface area contributed by atoms with Crippen LogP contribution in [0.3, 0.4) is 0 Å². The molecular formula is C10H20O3. The van der Waals surface area contributed by atoms with E-state index in [1.807, 2.05) is 0 Å². The Hall–Kier alpha value is -0.570. The van der Waals surface area contributed by atoms with E-state index in [4.69, 9.17) is 4.74 Å². The summed E-state index contributed by atoms with van der Waals surface area (Å²) < 4.78 is 9.62. The molecule has 0 heterocycles. The molecule has 0 saturated carbocycles. The zero-order valence-corrected chi connectivity index (χ0v) is 9.00. The SMILES string of the molecule is COCCC(CC(=O)OC)C(C)C. The molecule has 0 aromatic carbocycles. The summed E-state index contributed by atoms with van der Waals surface area (Å²) in [5, 5.41) is 0. The lowest BCUT2D eigenvalue weighted by atomic mass is 9.90. The fourth-order valence-electron chi connectivity index (χ4n) is 1.24. The van der Waals surface area contributed by atoms with Crippen molar-refractivity contribution in [1.29, 1.82) is 0 Å². The number of ether oxygens (including phenoxy) is 2. The Bertz CT molecular complexity index is 143. The molecule has 0 amide bonds. The van der Waals surface area contributed by atoms with Crippen molar-refractivity contribution in [2.45, 2.75) is 26.7 Å². The van der Waals surface area contributed by atoms with Crippen LogP contribution >= 0.6 is 0 Å². The minimum absolute atomic E-state index is 0.130. The van der Waals surface area contributed by atoms with E-state index in [1.54, 1.807) is 7.11 Å². The van der Waals surface area contributed by atoms with E-state index in [-0.39, 0.29) is 5.97 Å².